The van der Waals surface area contributed by atoms with E-state index in [0.717, 1.165) is 44.6 Å². The van der Waals surface area contributed by atoms with Gasteiger partial charge in [-0.05, 0) is 38.0 Å². The molecule has 2 fully saturated rings. The average Bonchev–Trinajstić information content (AvgIpc) is 3.34. The Kier molecular flexibility index (Phi) is 6.02. The van der Waals surface area contributed by atoms with Crippen molar-refractivity contribution in [3.05, 3.63) is 17.0 Å². The number of carbonyl (C=O) groups excluding carboxylic acids is 2. The molecular formula is C22H34N4O2. The average molecular weight is 387 g/mol. The molecule has 3 aliphatic rings. The summed E-state index contributed by atoms with van der Waals surface area (Å²) in [7, 11) is 1.99. The topological polar surface area (TPSA) is 58.4 Å². The Morgan fingerprint density at radius 2 is 1.71 bits per heavy atom. The van der Waals surface area contributed by atoms with Crippen LogP contribution in [0.3, 0.4) is 0 Å². The van der Waals surface area contributed by atoms with E-state index in [-0.39, 0.29) is 5.91 Å². The van der Waals surface area contributed by atoms with Crippen LogP contribution in [0.15, 0.2) is 0 Å². The van der Waals surface area contributed by atoms with E-state index in [4.69, 9.17) is 5.10 Å². The van der Waals surface area contributed by atoms with Gasteiger partial charge in [-0.1, -0.05) is 12.8 Å². The van der Waals surface area contributed by atoms with Crippen LogP contribution < -0.4 is 0 Å². The number of aromatic nitrogens is 2. The molecule has 0 aromatic carbocycles. The summed E-state index contributed by atoms with van der Waals surface area (Å²) in [5.41, 5.74) is 3.45. The molecule has 0 radical (unpaired) electrons. The van der Waals surface area contributed by atoms with Gasteiger partial charge in [0.2, 0.25) is 11.8 Å². The number of aryl methyl sites for hydroxylation is 2. The van der Waals surface area contributed by atoms with E-state index in [0.29, 0.717) is 37.6 Å². The van der Waals surface area contributed by atoms with Gasteiger partial charge in [0.1, 0.15) is 0 Å². The minimum Gasteiger partial charge on any atom is -0.343 e. The van der Waals surface area contributed by atoms with Gasteiger partial charge in [0.25, 0.3) is 0 Å². The molecule has 1 saturated carbocycles. The molecule has 1 aromatic rings. The number of hydrogen-bond acceptors (Lipinski definition) is 3. The number of hydrogen-bond donors (Lipinski definition) is 0. The summed E-state index contributed by atoms with van der Waals surface area (Å²) >= 11 is 0. The number of fused-ring (bicyclic) bond motifs is 1. The Labute approximate surface area is 168 Å². The molecule has 0 bridgehead atoms. The van der Waals surface area contributed by atoms with Crippen LogP contribution in [0.1, 0.15) is 74.7 Å². The van der Waals surface area contributed by atoms with Crippen molar-refractivity contribution in [2.75, 3.05) is 19.6 Å². The van der Waals surface area contributed by atoms with Crippen molar-refractivity contribution in [2.24, 2.45) is 13.0 Å². The summed E-state index contributed by atoms with van der Waals surface area (Å²) in [6.45, 7) is 3.28. The number of rotatable bonds is 5. The first kappa shape index (κ1) is 19.5. The molecule has 0 atom stereocenters. The summed E-state index contributed by atoms with van der Waals surface area (Å²) < 4.78 is 1.97. The van der Waals surface area contributed by atoms with Crippen molar-refractivity contribution in [3.63, 3.8) is 0 Å². The summed E-state index contributed by atoms with van der Waals surface area (Å²) in [5.74, 6) is 1.14. The van der Waals surface area contributed by atoms with Crippen molar-refractivity contribution in [2.45, 2.75) is 77.2 Å². The molecule has 1 aromatic heterocycles. The fraction of sp³-hybridized carbons (Fsp3) is 0.773. The first-order valence-corrected chi connectivity index (χ1v) is 11.2. The van der Waals surface area contributed by atoms with Crippen LogP contribution in [0.25, 0.3) is 0 Å². The quantitative estimate of drug-likeness (QED) is 0.782. The van der Waals surface area contributed by atoms with E-state index in [2.05, 4.69) is 0 Å². The Hall–Kier alpha value is -1.85. The van der Waals surface area contributed by atoms with E-state index in [9.17, 15) is 9.59 Å². The smallest absolute Gasteiger partial charge is 0.223 e. The summed E-state index contributed by atoms with van der Waals surface area (Å²) in [6.07, 6.45) is 11.3. The van der Waals surface area contributed by atoms with Crippen LogP contribution in [0.4, 0.5) is 0 Å². The van der Waals surface area contributed by atoms with Gasteiger partial charge in [-0.15, -0.1) is 0 Å². The third-order valence-electron chi connectivity index (χ3n) is 6.90. The molecule has 6 heteroatoms. The standard InChI is InChI=1S/C22H34N4O2/c1-24-20-11-14-26(22(28)15-17-7-3-4-8-17)16-18(20)19(23-24)9-10-21(27)25-12-5-2-6-13-25/h17H,2-16H2,1H3. The van der Waals surface area contributed by atoms with Crippen LogP contribution in [0, 0.1) is 5.92 Å². The molecule has 3 heterocycles. The van der Waals surface area contributed by atoms with Crippen molar-refractivity contribution < 1.29 is 9.59 Å². The third-order valence-corrected chi connectivity index (χ3v) is 6.90. The molecule has 0 spiro atoms. The molecule has 2 aliphatic heterocycles. The zero-order valence-corrected chi connectivity index (χ0v) is 17.3. The molecule has 6 nitrogen and oxygen atoms in total. The number of likely N-dealkylation sites (tertiary alicyclic amines) is 1. The predicted molar refractivity (Wildman–Crippen MR) is 108 cm³/mol. The molecule has 154 valence electrons. The number of amides is 2. The SMILES string of the molecule is Cn1nc(CCC(=O)N2CCCCC2)c2c1CCN(C(=O)CC1CCCC1)C2. The minimum atomic E-state index is 0.254. The fourth-order valence-electron chi connectivity index (χ4n) is 5.20. The molecule has 28 heavy (non-hydrogen) atoms. The zero-order valence-electron chi connectivity index (χ0n) is 17.3. The predicted octanol–water partition coefficient (Wildman–Crippen LogP) is 2.83. The van der Waals surface area contributed by atoms with E-state index in [1.807, 2.05) is 21.5 Å². The highest BCUT2D eigenvalue weighted by Crippen LogP contribution is 2.30. The Bertz CT molecular complexity index is 714. The maximum absolute atomic E-state index is 12.8. The van der Waals surface area contributed by atoms with Crippen LogP contribution in [0.5, 0.6) is 0 Å². The van der Waals surface area contributed by atoms with E-state index in [1.165, 1.54) is 43.4 Å². The van der Waals surface area contributed by atoms with Gasteiger partial charge in [-0.2, -0.15) is 5.10 Å². The first-order chi connectivity index (χ1) is 13.6. The maximum atomic E-state index is 12.8. The highest BCUT2D eigenvalue weighted by molar-refractivity contribution is 5.77. The lowest BCUT2D eigenvalue weighted by atomic mass is 9.99. The van der Waals surface area contributed by atoms with Crippen molar-refractivity contribution in [3.8, 4) is 0 Å². The summed E-state index contributed by atoms with van der Waals surface area (Å²) in [6, 6.07) is 0. The van der Waals surface area contributed by atoms with Crippen molar-refractivity contribution >= 4 is 11.8 Å². The first-order valence-electron chi connectivity index (χ1n) is 11.2. The lowest BCUT2D eigenvalue weighted by Crippen LogP contribution is -2.37. The van der Waals surface area contributed by atoms with Crippen LogP contribution in [0.2, 0.25) is 0 Å². The Morgan fingerprint density at radius 1 is 0.964 bits per heavy atom. The molecule has 2 amide bonds. The van der Waals surface area contributed by atoms with E-state index >= 15 is 0 Å². The normalized spacial score (nSPS) is 20.5. The van der Waals surface area contributed by atoms with E-state index < -0.39 is 0 Å². The largest absolute Gasteiger partial charge is 0.343 e. The number of piperidine rings is 1. The number of nitrogens with zero attached hydrogens (tertiary/aromatic N) is 4. The molecule has 4 rings (SSSR count). The van der Waals surface area contributed by atoms with Gasteiger partial charge in [-0.25, -0.2) is 0 Å². The van der Waals surface area contributed by atoms with Gasteiger partial charge in [-0.3, -0.25) is 14.3 Å². The molecule has 1 aliphatic carbocycles. The van der Waals surface area contributed by atoms with Gasteiger partial charge in [0, 0.05) is 70.2 Å². The van der Waals surface area contributed by atoms with Crippen LogP contribution in [-0.4, -0.2) is 51.0 Å². The summed E-state index contributed by atoms with van der Waals surface area (Å²) in [4.78, 5) is 29.4. The molecular weight excluding hydrogens is 352 g/mol. The maximum Gasteiger partial charge on any atom is 0.223 e. The zero-order chi connectivity index (χ0) is 19.5. The lowest BCUT2D eigenvalue weighted by Gasteiger charge is -2.29. The Morgan fingerprint density at radius 3 is 2.46 bits per heavy atom. The highest BCUT2D eigenvalue weighted by atomic mass is 16.2. The fourth-order valence-corrected chi connectivity index (χ4v) is 5.20. The van der Waals surface area contributed by atoms with Gasteiger partial charge in [0.05, 0.1) is 5.69 Å². The molecule has 0 unspecified atom stereocenters. The van der Waals surface area contributed by atoms with Gasteiger partial charge >= 0.3 is 0 Å². The minimum absolute atomic E-state index is 0.254. The van der Waals surface area contributed by atoms with Gasteiger partial charge < -0.3 is 9.80 Å². The third kappa shape index (κ3) is 4.26. The second-order valence-electron chi connectivity index (χ2n) is 8.86. The summed E-state index contributed by atoms with van der Waals surface area (Å²) in [5, 5.41) is 4.71. The second kappa shape index (κ2) is 8.66. The monoisotopic (exact) mass is 386 g/mol. The molecule has 1 saturated heterocycles. The van der Waals surface area contributed by atoms with Crippen molar-refractivity contribution in [1.82, 2.24) is 19.6 Å². The Balaban J connectivity index is 1.38. The van der Waals surface area contributed by atoms with Crippen LogP contribution in [-0.2, 0) is 36.0 Å². The second-order valence-corrected chi connectivity index (χ2v) is 8.86. The highest BCUT2D eigenvalue weighted by Gasteiger charge is 2.29. The number of carbonyl (C=O) groups is 2. The lowest BCUT2D eigenvalue weighted by molar-refractivity contribution is -0.133. The van der Waals surface area contributed by atoms with Crippen LogP contribution >= 0.6 is 0 Å². The van der Waals surface area contributed by atoms with Gasteiger partial charge in [0.15, 0.2) is 0 Å². The van der Waals surface area contributed by atoms with E-state index in [1.54, 1.807) is 0 Å². The molecule has 0 N–H and O–H groups in total. The van der Waals surface area contributed by atoms with Crippen molar-refractivity contribution in [1.29, 1.82) is 0 Å².